The van der Waals surface area contributed by atoms with Gasteiger partial charge < -0.3 is 5.11 Å². The largest absolute Gasteiger partial charge is 0.387 e. The Balaban J connectivity index is 2.03. The summed E-state index contributed by atoms with van der Waals surface area (Å²) in [4.78, 5) is 5.20. The van der Waals surface area contributed by atoms with Gasteiger partial charge in [-0.2, -0.15) is 0 Å². The van der Waals surface area contributed by atoms with Crippen LogP contribution in [0.2, 0.25) is 0 Å². The standard InChI is InChI=1S/C14H14BrNOS/c1-10-6-7-16-8-11(10)13(17)9-18-14-5-3-2-4-12(14)15/h2-8,13,17H,9H2,1H3. The average molecular weight is 324 g/mol. The third-order valence-electron chi connectivity index (χ3n) is 2.67. The Labute approximate surface area is 120 Å². The molecule has 2 rings (SSSR count). The minimum atomic E-state index is -0.490. The smallest absolute Gasteiger partial charge is 0.0901 e. The number of rotatable bonds is 4. The Bertz CT molecular complexity index is 533. The van der Waals surface area contributed by atoms with E-state index >= 15 is 0 Å². The lowest BCUT2D eigenvalue weighted by Gasteiger charge is -2.13. The molecule has 0 saturated heterocycles. The van der Waals surface area contributed by atoms with Crippen molar-refractivity contribution in [2.75, 3.05) is 5.75 Å². The van der Waals surface area contributed by atoms with E-state index in [-0.39, 0.29) is 0 Å². The summed E-state index contributed by atoms with van der Waals surface area (Å²) in [6.45, 7) is 1.99. The second kappa shape index (κ2) is 6.36. The van der Waals surface area contributed by atoms with Crippen molar-refractivity contribution in [3.8, 4) is 0 Å². The summed E-state index contributed by atoms with van der Waals surface area (Å²) in [5.74, 6) is 0.620. The number of aryl methyl sites for hydroxylation is 1. The molecule has 1 heterocycles. The number of nitrogens with zero attached hydrogens (tertiary/aromatic N) is 1. The van der Waals surface area contributed by atoms with E-state index in [1.54, 1.807) is 24.2 Å². The third kappa shape index (κ3) is 3.34. The number of aliphatic hydroxyl groups excluding tert-OH is 1. The van der Waals surface area contributed by atoms with Gasteiger partial charge in [-0.05, 0) is 46.6 Å². The molecule has 18 heavy (non-hydrogen) atoms. The Kier molecular flexibility index (Phi) is 4.80. The molecule has 0 amide bonds. The van der Waals surface area contributed by atoms with Gasteiger partial charge in [-0.15, -0.1) is 11.8 Å². The van der Waals surface area contributed by atoms with Crippen molar-refractivity contribution in [2.24, 2.45) is 0 Å². The van der Waals surface area contributed by atoms with Crippen LogP contribution in [-0.2, 0) is 0 Å². The van der Waals surface area contributed by atoms with E-state index in [0.717, 1.165) is 20.5 Å². The third-order valence-corrected chi connectivity index (χ3v) is 4.78. The summed E-state index contributed by atoms with van der Waals surface area (Å²) in [6.07, 6.45) is 2.99. The highest BCUT2D eigenvalue weighted by atomic mass is 79.9. The van der Waals surface area contributed by atoms with Crippen molar-refractivity contribution in [2.45, 2.75) is 17.9 Å². The van der Waals surface area contributed by atoms with E-state index in [9.17, 15) is 5.11 Å². The zero-order valence-electron chi connectivity index (χ0n) is 10.0. The molecular weight excluding hydrogens is 310 g/mol. The molecule has 0 fully saturated rings. The first-order chi connectivity index (χ1) is 8.68. The minimum absolute atomic E-state index is 0.490. The van der Waals surface area contributed by atoms with Crippen molar-refractivity contribution in [3.05, 3.63) is 58.3 Å². The van der Waals surface area contributed by atoms with Gasteiger partial charge in [0.1, 0.15) is 0 Å². The molecule has 0 spiro atoms. The van der Waals surface area contributed by atoms with Crippen LogP contribution in [0, 0.1) is 6.92 Å². The molecule has 1 unspecified atom stereocenters. The van der Waals surface area contributed by atoms with E-state index < -0.39 is 6.10 Å². The van der Waals surface area contributed by atoms with Crippen molar-refractivity contribution in [3.63, 3.8) is 0 Å². The van der Waals surface area contributed by atoms with Crippen molar-refractivity contribution < 1.29 is 5.11 Å². The first-order valence-corrected chi connectivity index (χ1v) is 7.42. The second-order valence-corrected chi connectivity index (χ2v) is 5.91. The van der Waals surface area contributed by atoms with E-state index in [4.69, 9.17) is 0 Å². The van der Waals surface area contributed by atoms with E-state index in [2.05, 4.69) is 20.9 Å². The predicted molar refractivity (Wildman–Crippen MR) is 78.8 cm³/mol. The molecule has 1 aromatic carbocycles. The van der Waals surface area contributed by atoms with Crippen LogP contribution in [0.1, 0.15) is 17.2 Å². The Hall–Kier alpha value is -0.840. The number of aliphatic hydroxyl groups is 1. The Morgan fingerprint density at radius 2 is 2.11 bits per heavy atom. The zero-order valence-corrected chi connectivity index (χ0v) is 12.4. The fourth-order valence-electron chi connectivity index (χ4n) is 1.65. The minimum Gasteiger partial charge on any atom is -0.387 e. The normalized spacial score (nSPS) is 12.4. The maximum Gasteiger partial charge on any atom is 0.0901 e. The van der Waals surface area contributed by atoms with E-state index in [0.29, 0.717) is 5.75 Å². The van der Waals surface area contributed by atoms with Gasteiger partial charge >= 0.3 is 0 Å². The average Bonchev–Trinajstić information content (AvgIpc) is 2.38. The molecule has 1 N–H and O–H groups in total. The lowest BCUT2D eigenvalue weighted by molar-refractivity contribution is 0.203. The van der Waals surface area contributed by atoms with Crippen molar-refractivity contribution in [1.82, 2.24) is 4.98 Å². The lowest BCUT2D eigenvalue weighted by atomic mass is 10.1. The molecule has 0 radical (unpaired) electrons. The van der Waals surface area contributed by atoms with Gasteiger partial charge in [0.25, 0.3) is 0 Å². The van der Waals surface area contributed by atoms with Gasteiger partial charge in [0, 0.05) is 33.1 Å². The van der Waals surface area contributed by atoms with Crippen LogP contribution in [0.15, 0.2) is 52.1 Å². The quantitative estimate of drug-likeness (QED) is 0.864. The van der Waals surface area contributed by atoms with Crippen LogP contribution in [0.3, 0.4) is 0 Å². The molecule has 4 heteroatoms. The Morgan fingerprint density at radius 1 is 1.33 bits per heavy atom. The number of halogens is 1. The van der Waals surface area contributed by atoms with Gasteiger partial charge in [-0.1, -0.05) is 12.1 Å². The number of hydrogen-bond acceptors (Lipinski definition) is 3. The highest BCUT2D eigenvalue weighted by molar-refractivity contribution is 9.10. The van der Waals surface area contributed by atoms with Gasteiger partial charge in [-0.25, -0.2) is 0 Å². The van der Waals surface area contributed by atoms with Gasteiger partial charge in [0.2, 0.25) is 0 Å². The van der Waals surface area contributed by atoms with E-state index in [1.807, 2.05) is 37.3 Å². The highest BCUT2D eigenvalue weighted by Crippen LogP contribution is 2.30. The summed E-state index contributed by atoms with van der Waals surface area (Å²) >= 11 is 5.14. The fourth-order valence-corrected chi connectivity index (χ4v) is 3.17. The van der Waals surface area contributed by atoms with E-state index in [1.165, 1.54) is 0 Å². The zero-order chi connectivity index (χ0) is 13.0. The number of hydrogen-bond donors (Lipinski definition) is 1. The molecule has 0 aliphatic carbocycles. The maximum atomic E-state index is 10.2. The van der Waals surface area contributed by atoms with Crippen LogP contribution in [0.25, 0.3) is 0 Å². The monoisotopic (exact) mass is 323 g/mol. The van der Waals surface area contributed by atoms with Crippen molar-refractivity contribution >= 4 is 27.7 Å². The molecule has 0 aliphatic rings. The van der Waals surface area contributed by atoms with Gasteiger partial charge in [0.05, 0.1) is 6.10 Å². The SMILES string of the molecule is Cc1ccncc1C(O)CSc1ccccc1Br. The molecule has 0 saturated carbocycles. The topological polar surface area (TPSA) is 33.1 Å². The number of aromatic nitrogens is 1. The highest BCUT2D eigenvalue weighted by Gasteiger charge is 2.11. The molecule has 94 valence electrons. The fraction of sp³-hybridized carbons (Fsp3) is 0.214. The second-order valence-electron chi connectivity index (χ2n) is 3.99. The van der Waals surface area contributed by atoms with Crippen LogP contribution < -0.4 is 0 Å². The first-order valence-electron chi connectivity index (χ1n) is 5.64. The molecular formula is C14H14BrNOS. The Morgan fingerprint density at radius 3 is 2.83 bits per heavy atom. The summed E-state index contributed by atoms with van der Waals surface area (Å²) < 4.78 is 1.06. The van der Waals surface area contributed by atoms with Crippen molar-refractivity contribution in [1.29, 1.82) is 0 Å². The molecule has 0 aliphatic heterocycles. The van der Waals surface area contributed by atoms with Crippen LogP contribution in [0.4, 0.5) is 0 Å². The molecule has 1 atom stereocenters. The first kappa shape index (κ1) is 13.6. The number of pyridine rings is 1. The maximum absolute atomic E-state index is 10.2. The van der Waals surface area contributed by atoms with Crippen LogP contribution >= 0.6 is 27.7 Å². The number of benzene rings is 1. The molecule has 1 aromatic heterocycles. The van der Waals surface area contributed by atoms with Crippen LogP contribution in [0.5, 0.6) is 0 Å². The summed E-state index contributed by atoms with van der Waals surface area (Å²) in [7, 11) is 0. The molecule has 2 nitrogen and oxygen atoms in total. The van der Waals surface area contributed by atoms with Crippen LogP contribution in [-0.4, -0.2) is 15.8 Å². The summed E-state index contributed by atoms with van der Waals surface area (Å²) in [5, 5.41) is 10.2. The van der Waals surface area contributed by atoms with Gasteiger partial charge in [0.15, 0.2) is 0 Å². The predicted octanol–water partition coefficient (Wildman–Crippen LogP) is 3.98. The summed E-state index contributed by atoms with van der Waals surface area (Å²) in [5.41, 5.74) is 1.97. The van der Waals surface area contributed by atoms with Gasteiger partial charge in [-0.3, -0.25) is 4.98 Å². The molecule has 2 aromatic rings. The lowest BCUT2D eigenvalue weighted by Crippen LogP contribution is -2.03. The summed E-state index contributed by atoms with van der Waals surface area (Å²) in [6, 6.07) is 9.94. The number of thioether (sulfide) groups is 1. The molecule has 0 bridgehead atoms.